The summed E-state index contributed by atoms with van der Waals surface area (Å²) in [6.07, 6.45) is 8.01. The Morgan fingerprint density at radius 3 is 2.00 bits per heavy atom. The first kappa shape index (κ1) is 20.9. The van der Waals surface area contributed by atoms with Gasteiger partial charge in [-0.3, -0.25) is 0 Å². The van der Waals surface area contributed by atoms with Gasteiger partial charge in [-0.05, 0) is 42.5 Å². The molecule has 1 nitrogen and oxygen atoms in total. The molecule has 2 rings (SSSR count). The minimum Gasteiger partial charge on any atom is -0.305 e. The van der Waals surface area contributed by atoms with Crippen molar-refractivity contribution in [3.05, 3.63) is 73.3 Å². The number of rotatable bonds is 11. The van der Waals surface area contributed by atoms with Crippen molar-refractivity contribution >= 4 is 39.8 Å². The van der Waals surface area contributed by atoms with Crippen molar-refractivity contribution in [2.75, 3.05) is 0 Å². The van der Waals surface area contributed by atoms with E-state index in [2.05, 4.69) is 53.3 Å². The largest absolute Gasteiger partial charge is 0.305 e. The maximum atomic E-state index is 13.3. The molecule has 0 heterocycles. The molecule has 0 saturated carbocycles. The first-order valence-electron chi connectivity index (χ1n) is 9.48. The fraction of sp³-hybridized carbons (Fsp3) is 0.348. The van der Waals surface area contributed by atoms with Crippen molar-refractivity contribution in [2.24, 2.45) is 0 Å². The lowest BCUT2D eigenvalue weighted by molar-refractivity contribution is -0.112. The third kappa shape index (κ3) is 5.52. The second-order valence-electron chi connectivity index (χ2n) is 6.99. The molecule has 0 radical (unpaired) electrons. The summed E-state index contributed by atoms with van der Waals surface area (Å²) in [5, 5.41) is 2.84. The highest BCUT2D eigenvalue weighted by atomic mass is 79.9. The van der Waals surface area contributed by atoms with Gasteiger partial charge >= 0.3 is 0 Å². The molecule has 0 fully saturated rings. The van der Waals surface area contributed by atoms with E-state index in [1.54, 1.807) is 0 Å². The van der Waals surface area contributed by atoms with E-state index in [1.807, 2.05) is 42.5 Å². The lowest BCUT2D eigenvalue weighted by Crippen LogP contribution is -2.62. The summed E-state index contributed by atoms with van der Waals surface area (Å²) in [7, 11) is -2.38. The van der Waals surface area contributed by atoms with Crippen LogP contribution in [0, 0.1) is 0 Å². The highest BCUT2D eigenvalue weighted by Gasteiger charge is 2.39. The van der Waals surface area contributed by atoms with Gasteiger partial charge in [-0.25, -0.2) is 0 Å². The maximum absolute atomic E-state index is 13.3. The van der Waals surface area contributed by atoms with Crippen LogP contribution in [-0.2, 0) is 4.79 Å². The summed E-state index contributed by atoms with van der Waals surface area (Å²) >= 11 is 3.76. The van der Waals surface area contributed by atoms with Crippen molar-refractivity contribution < 1.29 is 4.79 Å². The van der Waals surface area contributed by atoms with Gasteiger partial charge in [0, 0.05) is 11.2 Å². The Kier molecular flexibility index (Phi) is 8.53. The predicted octanol–water partition coefficient (Wildman–Crippen LogP) is 5.28. The van der Waals surface area contributed by atoms with E-state index in [0.717, 1.165) is 32.1 Å². The monoisotopic (exact) mass is 428 g/mol. The van der Waals surface area contributed by atoms with E-state index in [9.17, 15) is 4.79 Å². The van der Waals surface area contributed by atoms with Crippen LogP contribution in [0.2, 0.25) is 6.55 Å². The zero-order valence-electron chi connectivity index (χ0n) is 15.7. The molecule has 0 aromatic heterocycles. The molecule has 0 N–H and O–H groups in total. The molecule has 2 aromatic rings. The van der Waals surface area contributed by atoms with Crippen LogP contribution in [0.15, 0.2) is 73.3 Å². The van der Waals surface area contributed by atoms with Crippen molar-refractivity contribution in [1.82, 2.24) is 0 Å². The summed E-state index contributed by atoms with van der Waals surface area (Å²) in [5.41, 5.74) is 0. The minimum atomic E-state index is -2.38. The third-order valence-corrected chi connectivity index (χ3v) is 10.4. The highest BCUT2D eigenvalue weighted by Crippen LogP contribution is 2.19. The Bertz CT molecular complexity index is 644. The summed E-state index contributed by atoms with van der Waals surface area (Å²) in [5.74, 6) is 0. The van der Waals surface area contributed by atoms with Crippen molar-refractivity contribution in [3.63, 3.8) is 0 Å². The summed E-state index contributed by atoms with van der Waals surface area (Å²) in [6, 6.07) is 20.7. The molecule has 2 aromatic carbocycles. The number of halogens is 1. The van der Waals surface area contributed by atoms with E-state index in [4.69, 9.17) is 0 Å². The molecule has 138 valence electrons. The number of allylic oxidation sites excluding steroid dienone is 1. The van der Waals surface area contributed by atoms with Gasteiger partial charge in [0.15, 0.2) is 8.07 Å². The summed E-state index contributed by atoms with van der Waals surface area (Å²) in [6.45, 7) is 5.98. The molecule has 0 saturated heterocycles. The summed E-state index contributed by atoms with van der Waals surface area (Å²) in [4.78, 5) is 13.8. The number of benzene rings is 2. The summed E-state index contributed by atoms with van der Waals surface area (Å²) < 4.78 is 0. The van der Waals surface area contributed by atoms with Crippen LogP contribution in [0.25, 0.3) is 0 Å². The SMILES string of the molecule is C=CCCCC(Br)CCCC(=O)[Si](C)(c1ccccc1)c1ccccc1. The first-order valence-corrected chi connectivity index (χ1v) is 12.9. The fourth-order valence-corrected chi connectivity index (χ4v) is 7.41. The molecule has 0 spiro atoms. The van der Waals surface area contributed by atoms with Gasteiger partial charge in [0.05, 0.1) is 0 Å². The van der Waals surface area contributed by atoms with Gasteiger partial charge in [-0.1, -0.05) is 89.2 Å². The van der Waals surface area contributed by atoms with Gasteiger partial charge in [0.1, 0.15) is 5.41 Å². The van der Waals surface area contributed by atoms with E-state index in [1.165, 1.54) is 10.4 Å². The standard InChI is InChI=1S/C23H29BrOSi/c1-3-4-7-13-20(24)14-12-19-23(25)26(2,21-15-8-5-9-16-21)22-17-10-6-11-18-22/h3,5-6,8-11,15-18,20H,1,4,7,12-14,19H2,2H3. The van der Waals surface area contributed by atoms with Crippen LogP contribution >= 0.6 is 15.9 Å². The topological polar surface area (TPSA) is 17.1 Å². The quantitative estimate of drug-likeness (QED) is 0.206. The van der Waals surface area contributed by atoms with Crippen molar-refractivity contribution in [3.8, 4) is 0 Å². The first-order chi connectivity index (χ1) is 12.6. The lowest BCUT2D eigenvalue weighted by atomic mass is 10.1. The normalized spacial score (nSPS) is 12.5. The minimum absolute atomic E-state index is 0.431. The molecule has 26 heavy (non-hydrogen) atoms. The lowest BCUT2D eigenvalue weighted by Gasteiger charge is -2.27. The second-order valence-corrected chi connectivity index (χ2v) is 12.2. The molecule has 0 aliphatic rings. The number of carbonyl (C=O) groups excluding carboxylic acids is 1. The number of hydrogen-bond donors (Lipinski definition) is 0. The van der Waals surface area contributed by atoms with Gasteiger partial charge in [0.2, 0.25) is 0 Å². The molecule has 0 aliphatic heterocycles. The van der Waals surface area contributed by atoms with Crippen molar-refractivity contribution in [2.45, 2.75) is 49.9 Å². The number of unbranched alkanes of at least 4 members (excludes halogenated alkanes) is 1. The van der Waals surface area contributed by atoms with E-state index >= 15 is 0 Å². The zero-order valence-corrected chi connectivity index (χ0v) is 18.3. The predicted molar refractivity (Wildman–Crippen MR) is 119 cm³/mol. The van der Waals surface area contributed by atoms with Gasteiger partial charge in [-0.2, -0.15) is 0 Å². The zero-order chi connectivity index (χ0) is 18.8. The van der Waals surface area contributed by atoms with Crippen LogP contribution in [-0.4, -0.2) is 18.3 Å². The maximum Gasteiger partial charge on any atom is 0.190 e. The van der Waals surface area contributed by atoms with Crippen LogP contribution in [0.4, 0.5) is 0 Å². The van der Waals surface area contributed by atoms with Gasteiger partial charge < -0.3 is 4.79 Å². The molecular formula is C23H29BrOSi. The van der Waals surface area contributed by atoms with Crippen LogP contribution in [0.1, 0.15) is 38.5 Å². The average molecular weight is 429 g/mol. The number of carbonyl (C=O) groups is 1. The molecule has 1 atom stereocenters. The van der Waals surface area contributed by atoms with Gasteiger partial charge in [0.25, 0.3) is 0 Å². The fourth-order valence-electron chi connectivity index (χ4n) is 3.39. The number of alkyl halides is 1. The molecule has 0 aliphatic carbocycles. The third-order valence-electron chi connectivity index (χ3n) is 5.11. The smallest absolute Gasteiger partial charge is 0.190 e. The highest BCUT2D eigenvalue weighted by molar-refractivity contribution is 9.09. The van der Waals surface area contributed by atoms with E-state index in [0.29, 0.717) is 16.7 Å². The van der Waals surface area contributed by atoms with E-state index in [-0.39, 0.29) is 0 Å². The van der Waals surface area contributed by atoms with Crippen molar-refractivity contribution in [1.29, 1.82) is 0 Å². The van der Waals surface area contributed by atoms with Crippen LogP contribution in [0.3, 0.4) is 0 Å². The average Bonchev–Trinajstić information content (AvgIpc) is 2.68. The molecule has 0 amide bonds. The Morgan fingerprint density at radius 2 is 1.50 bits per heavy atom. The molecule has 3 heteroatoms. The molecule has 1 unspecified atom stereocenters. The Hall–Kier alpha value is -1.45. The second kappa shape index (κ2) is 10.6. The number of hydrogen-bond acceptors (Lipinski definition) is 1. The van der Waals surface area contributed by atoms with E-state index < -0.39 is 8.07 Å². The Labute approximate surface area is 167 Å². The Balaban J connectivity index is 2.07. The van der Waals surface area contributed by atoms with Crippen LogP contribution in [0.5, 0.6) is 0 Å². The van der Waals surface area contributed by atoms with Gasteiger partial charge in [-0.15, -0.1) is 6.58 Å². The van der Waals surface area contributed by atoms with Crippen LogP contribution < -0.4 is 10.4 Å². The molecule has 0 bridgehead atoms. The Morgan fingerprint density at radius 1 is 1.00 bits per heavy atom. The molecular weight excluding hydrogens is 400 g/mol.